The van der Waals surface area contributed by atoms with E-state index < -0.39 is 10.1 Å². The van der Waals surface area contributed by atoms with Crippen LogP contribution in [-0.2, 0) is 10.1 Å². The second kappa shape index (κ2) is 8.76. The largest absolute Gasteiger partial charge is 0.744 e. The van der Waals surface area contributed by atoms with Crippen molar-refractivity contribution in [2.24, 2.45) is 0 Å². The SMILES string of the molecule is CC[N+](C)(C)C(Br)c1ccccc1.Cc1ccc(S(=O)(=O)[O-])cc1. The van der Waals surface area contributed by atoms with Crippen molar-refractivity contribution < 1.29 is 17.5 Å². The Balaban J connectivity index is 0.000000243. The number of hydrogen-bond donors (Lipinski definition) is 0. The van der Waals surface area contributed by atoms with Crippen LogP contribution >= 0.6 is 15.9 Å². The third-order valence-electron chi connectivity index (χ3n) is 3.81. The fourth-order valence-electron chi connectivity index (χ4n) is 1.88. The standard InChI is InChI=1S/C11H17BrN.C7H8O3S/c1-4-13(2,3)11(12)10-8-6-5-7-9-10;1-6-2-4-7(5-3-6)11(8,9)10/h5-9,11H,4H2,1-3H3;2-5H,1H3,(H,8,9,10)/q+1;/p-1. The van der Waals surface area contributed by atoms with Gasteiger partial charge < -0.3 is 9.04 Å². The monoisotopic (exact) mass is 413 g/mol. The van der Waals surface area contributed by atoms with Crippen molar-refractivity contribution in [1.82, 2.24) is 0 Å². The van der Waals surface area contributed by atoms with Gasteiger partial charge in [0, 0.05) is 5.56 Å². The summed E-state index contributed by atoms with van der Waals surface area (Å²) in [5.74, 6) is 0. The molecule has 132 valence electrons. The highest BCUT2D eigenvalue weighted by Crippen LogP contribution is 2.30. The van der Waals surface area contributed by atoms with Crippen molar-refractivity contribution >= 4 is 26.0 Å². The Morgan fingerprint density at radius 1 is 1.04 bits per heavy atom. The molecule has 1 atom stereocenters. The zero-order chi connectivity index (χ0) is 18.4. The predicted molar refractivity (Wildman–Crippen MR) is 99.9 cm³/mol. The summed E-state index contributed by atoms with van der Waals surface area (Å²) in [6, 6.07) is 16.3. The Bertz CT molecular complexity index is 729. The lowest BCUT2D eigenvalue weighted by Gasteiger charge is -2.33. The van der Waals surface area contributed by atoms with Gasteiger partial charge in [-0.2, -0.15) is 0 Å². The van der Waals surface area contributed by atoms with Gasteiger partial charge in [-0.15, -0.1) is 0 Å². The first-order chi connectivity index (χ1) is 11.1. The molecule has 24 heavy (non-hydrogen) atoms. The summed E-state index contributed by atoms with van der Waals surface area (Å²) in [5, 5.41) is 0. The van der Waals surface area contributed by atoms with Crippen LogP contribution in [0.25, 0.3) is 0 Å². The number of rotatable bonds is 4. The van der Waals surface area contributed by atoms with Crippen LogP contribution < -0.4 is 0 Å². The lowest BCUT2D eigenvalue weighted by Crippen LogP contribution is -2.40. The van der Waals surface area contributed by atoms with Gasteiger partial charge in [0.25, 0.3) is 0 Å². The van der Waals surface area contributed by atoms with E-state index >= 15 is 0 Å². The summed E-state index contributed by atoms with van der Waals surface area (Å²) in [6.45, 7) is 5.14. The molecule has 4 nitrogen and oxygen atoms in total. The average molecular weight is 414 g/mol. The van der Waals surface area contributed by atoms with Crippen molar-refractivity contribution in [3.05, 3.63) is 65.7 Å². The smallest absolute Gasteiger partial charge is 0.169 e. The quantitative estimate of drug-likeness (QED) is 0.328. The van der Waals surface area contributed by atoms with Gasteiger partial charge in [-0.3, -0.25) is 0 Å². The van der Waals surface area contributed by atoms with Crippen LogP contribution in [0.5, 0.6) is 0 Å². The summed E-state index contributed by atoms with van der Waals surface area (Å²) in [4.78, 5) is 0.210. The summed E-state index contributed by atoms with van der Waals surface area (Å²) in [5.41, 5.74) is 2.27. The molecule has 2 aromatic rings. The molecule has 0 N–H and O–H groups in total. The van der Waals surface area contributed by atoms with Crippen molar-refractivity contribution in [3.63, 3.8) is 0 Å². The molecule has 0 aliphatic rings. The highest BCUT2D eigenvalue weighted by Gasteiger charge is 2.24. The molecule has 1 unspecified atom stereocenters. The fourth-order valence-corrected chi connectivity index (χ4v) is 2.94. The predicted octanol–water partition coefficient (Wildman–Crippen LogP) is 4.08. The Hall–Kier alpha value is -1.21. The van der Waals surface area contributed by atoms with Crippen LogP contribution in [0.3, 0.4) is 0 Å². The van der Waals surface area contributed by atoms with E-state index in [-0.39, 0.29) is 4.90 Å². The zero-order valence-electron chi connectivity index (χ0n) is 14.4. The molecule has 0 radical (unpaired) electrons. The summed E-state index contributed by atoms with van der Waals surface area (Å²) in [7, 11) is 0.188. The minimum absolute atomic E-state index is 0.178. The number of benzene rings is 2. The number of halogens is 1. The van der Waals surface area contributed by atoms with Gasteiger partial charge in [0.1, 0.15) is 10.1 Å². The van der Waals surface area contributed by atoms with E-state index in [9.17, 15) is 13.0 Å². The fraction of sp³-hybridized carbons (Fsp3) is 0.333. The molecule has 0 heterocycles. The molecule has 0 aromatic heterocycles. The molecule has 0 aliphatic heterocycles. The second-order valence-electron chi connectivity index (χ2n) is 6.11. The summed E-state index contributed by atoms with van der Waals surface area (Å²) < 4.78 is 32.1. The molecule has 2 rings (SSSR count). The van der Waals surface area contributed by atoms with E-state index in [1.165, 1.54) is 17.7 Å². The van der Waals surface area contributed by atoms with E-state index in [4.69, 9.17) is 0 Å². The number of quaternary nitrogens is 1. The van der Waals surface area contributed by atoms with E-state index in [2.05, 4.69) is 67.3 Å². The Labute approximate surface area is 153 Å². The van der Waals surface area contributed by atoms with Gasteiger partial charge in [0.05, 0.1) is 25.5 Å². The van der Waals surface area contributed by atoms with Crippen molar-refractivity contribution in [2.45, 2.75) is 23.7 Å². The maximum absolute atomic E-state index is 10.4. The normalized spacial score (nSPS) is 12.9. The minimum Gasteiger partial charge on any atom is -0.744 e. The van der Waals surface area contributed by atoms with Gasteiger partial charge in [-0.25, -0.2) is 8.42 Å². The number of nitrogens with zero attached hydrogens (tertiary/aromatic N) is 1. The lowest BCUT2D eigenvalue weighted by molar-refractivity contribution is -0.902. The molecule has 0 saturated heterocycles. The maximum atomic E-state index is 10.4. The minimum atomic E-state index is -4.27. The van der Waals surface area contributed by atoms with Crippen molar-refractivity contribution in [3.8, 4) is 0 Å². The molecule has 0 saturated carbocycles. The number of hydrogen-bond acceptors (Lipinski definition) is 3. The Kier molecular flexibility index (Phi) is 7.60. The summed E-state index contributed by atoms with van der Waals surface area (Å²) in [6.07, 6.45) is 0. The molecule has 0 spiro atoms. The highest BCUT2D eigenvalue weighted by molar-refractivity contribution is 9.09. The molecule has 0 amide bonds. The Morgan fingerprint density at radius 3 is 1.96 bits per heavy atom. The van der Waals surface area contributed by atoms with Crippen molar-refractivity contribution in [1.29, 1.82) is 0 Å². The summed E-state index contributed by atoms with van der Waals surface area (Å²) >= 11 is 3.74. The van der Waals surface area contributed by atoms with Gasteiger partial charge in [0.2, 0.25) is 0 Å². The molecular formula is C18H24BrNO3S. The first kappa shape index (κ1) is 20.8. The zero-order valence-corrected chi connectivity index (χ0v) is 16.8. The van der Waals surface area contributed by atoms with E-state index in [1.807, 2.05) is 6.92 Å². The number of alkyl halides is 1. The molecular weight excluding hydrogens is 390 g/mol. The highest BCUT2D eigenvalue weighted by atomic mass is 79.9. The van der Waals surface area contributed by atoms with Gasteiger partial charge in [-0.05, 0) is 41.9 Å². The molecule has 0 fully saturated rings. The molecule has 0 aliphatic carbocycles. The van der Waals surface area contributed by atoms with Crippen LogP contribution in [0.1, 0.15) is 23.0 Å². The van der Waals surface area contributed by atoms with Crippen LogP contribution in [0.4, 0.5) is 0 Å². The van der Waals surface area contributed by atoms with Gasteiger partial charge >= 0.3 is 0 Å². The van der Waals surface area contributed by atoms with Gasteiger partial charge in [-0.1, -0.05) is 48.0 Å². The molecule has 2 aromatic carbocycles. The van der Waals surface area contributed by atoms with E-state index in [1.54, 1.807) is 12.1 Å². The Morgan fingerprint density at radius 2 is 1.54 bits per heavy atom. The maximum Gasteiger partial charge on any atom is 0.169 e. The molecule has 6 heteroatoms. The van der Waals surface area contributed by atoms with Crippen LogP contribution in [0.15, 0.2) is 59.5 Å². The topological polar surface area (TPSA) is 57.2 Å². The van der Waals surface area contributed by atoms with Crippen LogP contribution in [0, 0.1) is 6.92 Å². The third-order valence-corrected chi connectivity index (χ3v) is 6.30. The first-order valence-electron chi connectivity index (χ1n) is 7.62. The van der Waals surface area contributed by atoms with E-state index in [0.717, 1.165) is 16.6 Å². The first-order valence-corrected chi connectivity index (χ1v) is 9.94. The third kappa shape index (κ3) is 6.36. The van der Waals surface area contributed by atoms with Gasteiger partial charge in [0.15, 0.2) is 4.95 Å². The number of aryl methyl sites for hydroxylation is 1. The van der Waals surface area contributed by atoms with Crippen LogP contribution in [0.2, 0.25) is 0 Å². The second-order valence-corrected chi connectivity index (χ2v) is 8.36. The average Bonchev–Trinajstić information content (AvgIpc) is 2.55. The van der Waals surface area contributed by atoms with E-state index in [0.29, 0.717) is 4.95 Å². The van der Waals surface area contributed by atoms with Crippen LogP contribution in [-0.4, -0.2) is 38.1 Å². The molecule has 0 bridgehead atoms. The lowest BCUT2D eigenvalue weighted by atomic mass is 10.2. The van der Waals surface area contributed by atoms with Crippen molar-refractivity contribution in [2.75, 3.05) is 20.6 Å².